The highest BCUT2D eigenvalue weighted by Crippen LogP contribution is 2.35. The molecule has 0 saturated carbocycles. The number of hydrogen-bond donors (Lipinski definition) is 1. The van der Waals surface area contributed by atoms with Gasteiger partial charge in [-0.2, -0.15) is 5.10 Å². The molecule has 0 bridgehead atoms. The van der Waals surface area contributed by atoms with Crippen molar-refractivity contribution in [2.45, 2.75) is 24.3 Å². The fourth-order valence-corrected chi connectivity index (χ4v) is 5.11. The molecule has 0 fully saturated rings. The van der Waals surface area contributed by atoms with Crippen LogP contribution in [0.15, 0.2) is 82.1 Å². The van der Waals surface area contributed by atoms with E-state index in [4.69, 9.17) is 0 Å². The van der Waals surface area contributed by atoms with E-state index >= 15 is 0 Å². The lowest BCUT2D eigenvalue weighted by Gasteiger charge is -2.18. The van der Waals surface area contributed by atoms with Gasteiger partial charge in [0.1, 0.15) is 0 Å². The summed E-state index contributed by atoms with van der Waals surface area (Å²) in [5.41, 5.74) is 2.13. The van der Waals surface area contributed by atoms with Crippen molar-refractivity contribution in [2.75, 3.05) is 4.72 Å². The number of thiophene rings is 1. The minimum atomic E-state index is -3.64. The summed E-state index contributed by atoms with van der Waals surface area (Å²) in [5.74, 6) is -0.106. The number of carbonyl (C=O) groups excluding carboxylic acids is 1. The molecule has 148 valence electrons. The molecular formula is C21H19N3O3S2. The van der Waals surface area contributed by atoms with Crippen molar-refractivity contribution < 1.29 is 13.2 Å². The minimum absolute atomic E-state index is 0.0984. The lowest BCUT2D eigenvalue weighted by molar-refractivity contribution is -0.130. The third kappa shape index (κ3) is 4.08. The Bertz CT molecular complexity index is 1140. The Morgan fingerprint density at radius 3 is 2.41 bits per heavy atom. The van der Waals surface area contributed by atoms with Crippen LogP contribution < -0.4 is 4.72 Å². The third-order valence-electron chi connectivity index (χ3n) is 4.63. The molecule has 1 aliphatic heterocycles. The molecular weight excluding hydrogens is 406 g/mol. The van der Waals surface area contributed by atoms with E-state index in [2.05, 4.69) is 9.82 Å². The van der Waals surface area contributed by atoms with Crippen molar-refractivity contribution >= 4 is 38.7 Å². The van der Waals surface area contributed by atoms with Crippen molar-refractivity contribution in [1.29, 1.82) is 0 Å². The molecule has 6 nitrogen and oxygen atoms in total. The van der Waals surface area contributed by atoms with E-state index in [1.807, 2.05) is 29.6 Å². The Morgan fingerprint density at radius 2 is 1.79 bits per heavy atom. The largest absolute Gasteiger partial charge is 0.280 e. The van der Waals surface area contributed by atoms with Gasteiger partial charge in [0.2, 0.25) is 5.91 Å². The molecule has 0 unspecified atom stereocenters. The zero-order valence-corrected chi connectivity index (χ0v) is 17.3. The zero-order valence-electron chi connectivity index (χ0n) is 15.6. The first kappa shape index (κ1) is 19.4. The number of nitrogens with zero attached hydrogens (tertiary/aromatic N) is 2. The van der Waals surface area contributed by atoms with Crippen LogP contribution in [0.1, 0.15) is 29.8 Å². The van der Waals surface area contributed by atoms with E-state index in [0.29, 0.717) is 12.1 Å². The molecule has 0 spiro atoms. The molecule has 8 heteroatoms. The third-order valence-corrected chi connectivity index (χ3v) is 7.00. The lowest BCUT2D eigenvalue weighted by atomic mass is 10.0. The normalized spacial score (nSPS) is 16.5. The van der Waals surface area contributed by atoms with Crippen molar-refractivity contribution in [2.24, 2.45) is 5.10 Å². The number of rotatable bonds is 5. The van der Waals surface area contributed by atoms with Crippen LogP contribution in [0.2, 0.25) is 0 Å². The Labute approximate surface area is 173 Å². The number of hydrogen-bond acceptors (Lipinski definition) is 5. The summed E-state index contributed by atoms with van der Waals surface area (Å²) in [6, 6.07) is 19.1. The van der Waals surface area contributed by atoms with Crippen LogP contribution in [0, 0.1) is 0 Å². The Kier molecular flexibility index (Phi) is 5.21. The smallest absolute Gasteiger partial charge is 0.261 e. The van der Waals surface area contributed by atoms with Crippen LogP contribution in [-0.4, -0.2) is 25.0 Å². The summed E-state index contributed by atoms with van der Waals surface area (Å²) >= 11 is 1.60. The van der Waals surface area contributed by atoms with Crippen LogP contribution in [0.3, 0.4) is 0 Å². The van der Waals surface area contributed by atoms with Crippen LogP contribution >= 0.6 is 11.3 Å². The lowest BCUT2D eigenvalue weighted by Crippen LogP contribution is -2.23. The second-order valence-electron chi connectivity index (χ2n) is 6.64. The second kappa shape index (κ2) is 7.81. The quantitative estimate of drug-likeness (QED) is 0.664. The molecule has 2 heterocycles. The molecule has 1 N–H and O–H groups in total. The summed E-state index contributed by atoms with van der Waals surface area (Å²) in [7, 11) is -3.64. The monoisotopic (exact) mass is 425 g/mol. The molecule has 0 saturated heterocycles. The summed E-state index contributed by atoms with van der Waals surface area (Å²) in [6.07, 6.45) is 0.620. The van der Waals surface area contributed by atoms with Crippen molar-refractivity contribution in [3.05, 3.63) is 82.6 Å². The number of benzene rings is 2. The van der Waals surface area contributed by atoms with E-state index in [9.17, 15) is 13.2 Å². The molecule has 1 atom stereocenters. The summed E-state index contributed by atoms with van der Waals surface area (Å²) in [5, 5.41) is 8.02. The van der Waals surface area contributed by atoms with Gasteiger partial charge in [-0.1, -0.05) is 36.4 Å². The number of hydrazone groups is 1. The molecule has 29 heavy (non-hydrogen) atoms. The second-order valence-corrected chi connectivity index (χ2v) is 9.30. The van der Waals surface area contributed by atoms with Gasteiger partial charge in [-0.15, -0.1) is 11.3 Å². The van der Waals surface area contributed by atoms with E-state index in [0.717, 1.165) is 16.2 Å². The van der Waals surface area contributed by atoms with Crippen LogP contribution in [-0.2, 0) is 14.8 Å². The first-order valence-electron chi connectivity index (χ1n) is 9.03. The maximum Gasteiger partial charge on any atom is 0.261 e. The molecule has 1 aliphatic rings. The van der Waals surface area contributed by atoms with Crippen molar-refractivity contribution in [3.8, 4) is 0 Å². The van der Waals surface area contributed by atoms with Gasteiger partial charge < -0.3 is 0 Å². The van der Waals surface area contributed by atoms with Crippen LogP contribution in [0.4, 0.5) is 5.69 Å². The minimum Gasteiger partial charge on any atom is -0.280 e. The van der Waals surface area contributed by atoms with Gasteiger partial charge in [0, 0.05) is 23.9 Å². The van der Waals surface area contributed by atoms with Gasteiger partial charge in [0.05, 0.1) is 16.6 Å². The van der Waals surface area contributed by atoms with E-state index in [1.165, 1.54) is 11.9 Å². The fraction of sp³-hybridized carbons (Fsp3) is 0.143. The van der Waals surface area contributed by atoms with E-state index < -0.39 is 10.0 Å². The predicted molar refractivity (Wildman–Crippen MR) is 114 cm³/mol. The number of sulfonamides is 1. The molecule has 3 aromatic rings. The molecule has 0 aliphatic carbocycles. The number of anilines is 1. The van der Waals surface area contributed by atoms with Gasteiger partial charge in [0.25, 0.3) is 10.0 Å². The van der Waals surface area contributed by atoms with Gasteiger partial charge in [0.15, 0.2) is 0 Å². The highest BCUT2D eigenvalue weighted by atomic mass is 32.2. The zero-order chi connectivity index (χ0) is 20.4. The number of carbonyl (C=O) groups is 1. The fourth-order valence-electron chi connectivity index (χ4n) is 3.22. The van der Waals surface area contributed by atoms with Crippen molar-refractivity contribution in [3.63, 3.8) is 0 Å². The first-order chi connectivity index (χ1) is 13.9. The highest BCUT2D eigenvalue weighted by Gasteiger charge is 2.31. The van der Waals surface area contributed by atoms with Gasteiger partial charge in [-0.3, -0.25) is 9.52 Å². The number of amides is 1. The highest BCUT2D eigenvalue weighted by molar-refractivity contribution is 7.92. The maximum absolute atomic E-state index is 12.5. The van der Waals surface area contributed by atoms with Crippen LogP contribution in [0.5, 0.6) is 0 Å². The van der Waals surface area contributed by atoms with Gasteiger partial charge >= 0.3 is 0 Å². The van der Waals surface area contributed by atoms with Crippen LogP contribution in [0.25, 0.3) is 0 Å². The average Bonchev–Trinajstić information content (AvgIpc) is 3.39. The molecule has 4 rings (SSSR count). The Balaban J connectivity index is 1.54. The SMILES string of the molecule is CC(=O)N1N=C(c2ccc(NS(=O)(=O)c3ccccc3)cc2)C[C@H]1c1cccs1. The molecule has 0 radical (unpaired) electrons. The predicted octanol–water partition coefficient (Wildman–Crippen LogP) is 4.25. The standard InChI is InChI=1S/C21H19N3O3S2/c1-15(25)24-20(21-8-5-13-28-21)14-19(22-24)16-9-11-17(12-10-16)23-29(26,27)18-6-3-2-4-7-18/h2-13,20,23H,14H2,1H3/t20-/m0/s1. The summed E-state index contributed by atoms with van der Waals surface area (Å²) in [4.78, 5) is 13.3. The maximum atomic E-state index is 12.5. The van der Waals surface area contributed by atoms with Gasteiger partial charge in [-0.05, 0) is 41.3 Å². The van der Waals surface area contributed by atoms with E-state index in [1.54, 1.807) is 53.8 Å². The molecule has 2 aromatic carbocycles. The molecule has 1 aromatic heterocycles. The molecule has 1 amide bonds. The van der Waals surface area contributed by atoms with E-state index in [-0.39, 0.29) is 16.8 Å². The Morgan fingerprint density at radius 1 is 1.07 bits per heavy atom. The number of nitrogens with one attached hydrogen (secondary N) is 1. The summed E-state index contributed by atoms with van der Waals surface area (Å²) < 4.78 is 27.5. The van der Waals surface area contributed by atoms with Gasteiger partial charge in [-0.25, -0.2) is 13.4 Å². The van der Waals surface area contributed by atoms with Crippen molar-refractivity contribution in [1.82, 2.24) is 5.01 Å². The Hall–Kier alpha value is -2.97. The average molecular weight is 426 g/mol. The summed E-state index contributed by atoms with van der Waals surface area (Å²) in [6.45, 7) is 1.51. The topological polar surface area (TPSA) is 78.8 Å². The first-order valence-corrected chi connectivity index (χ1v) is 11.4.